The van der Waals surface area contributed by atoms with Crippen LogP contribution in [0.5, 0.6) is 0 Å². The number of rotatable bonds is 33. The summed E-state index contributed by atoms with van der Waals surface area (Å²) in [6, 6.07) is -1.01. The Morgan fingerprint density at radius 3 is 1.54 bits per heavy atom. The molecule has 0 aromatic rings. The predicted molar refractivity (Wildman–Crippen MR) is 258 cm³/mol. The minimum absolute atomic E-state index is 0.208. The molecule has 70 heavy (non-hydrogen) atoms. The molecule has 1 amide bonds. The van der Waals surface area contributed by atoms with Gasteiger partial charge in [-0.25, -0.2) is 0 Å². The first-order valence-electron chi connectivity index (χ1n) is 25.2. The fourth-order valence-corrected chi connectivity index (χ4v) is 8.06. The summed E-state index contributed by atoms with van der Waals surface area (Å²) in [5.74, 6) is -0.315. The normalized spacial score (nSPS) is 33.2. The highest BCUT2D eigenvalue weighted by molar-refractivity contribution is 5.76. The number of aliphatic hydroxyl groups is 11. The molecule has 19 nitrogen and oxygen atoms in total. The van der Waals surface area contributed by atoms with Crippen LogP contribution in [0.15, 0.2) is 72.9 Å². The van der Waals surface area contributed by atoms with Crippen LogP contribution in [0.4, 0.5) is 0 Å². The molecular formula is C51H85NO18. The monoisotopic (exact) mass is 1000 g/mol. The Bertz CT molecular complexity index is 1570. The summed E-state index contributed by atoms with van der Waals surface area (Å²) in [5, 5.41) is 119. The molecule has 0 bridgehead atoms. The minimum Gasteiger partial charge on any atom is -0.394 e. The van der Waals surface area contributed by atoms with Crippen molar-refractivity contribution in [3.05, 3.63) is 72.9 Å². The van der Waals surface area contributed by atoms with E-state index < -0.39 is 124 Å². The van der Waals surface area contributed by atoms with Crippen LogP contribution in [0.25, 0.3) is 0 Å². The summed E-state index contributed by atoms with van der Waals surface area (Å²) >= 11 is 0. The van der Waals surface area contributed by atoms with Crippen molar-refractivity contribution < 1.29 is 89.4 Å². The number of amides is 1. The zero-order valence-electron chi connectivity index (χ0n) is 41.0. The van der Waals surface area contributed by atoms with Crippen molar-refractivity contribution in [1.29, 1.82) is 0 Å². The number of unbranched alkanes of at least 4 members (excludes halogenated alkanes) is 7. The van der Waals surface area contributed by atoms with Gasteiger partial charge in [-0.15, -0.1) is 0 Å². The summed E-state index contributed by atoms with van der Waals surface area (Å²) < 4.78 is 34.0. The Morgan fingerprint density at radius 2 is 0.957 bits per heavy atom. The third-order valence-corrected chi connectivity index (χ3v) is 12.2. The summed E-state index contributed by atoms with van der Waals surface area (Å²) in [4.78, 5) is 13.2. The van der Waals surface area contributed by atoms with Crippen LogP contribution in [0.1, 0.15) is 110 Å². The SMILES string of the molecule is CC/C=C\C/C=C\C/C=C\CCCCCCCC(=O)NC(COC1OC(CO)C(OC2OC(CO)C(OC3OC(CO)C(O)C(O)C3O)C(O)C2O)C(O)C1O)C(O)/C=C/CC/C=C/CC/C=C/CC. The molecule has 3 saturated heterocycles. The summed E-state index contributed by atoms with van der Waals surface area (Å²) in [7, 11) is 0. The number of ether oxygens (including phenoxy) is 6. The molecule has 3 aliphatic heterocycles. The lowest BCUT2D eigenvalue weighted by molar-refractivity contribution is -0.379. The zero-order chi connectivity index (χ0) is 51.3. The van der Waals surface area contributed by atoms with Gasteiger partial charge in [0.25, 0.3) is 0 Å². The molecule has 0 spiro atoms. The zero-order valence-corrected chi connectivity index (χ0v) is 41.0. The van der Waals surface area contributed by atoms with Crippen molar-refractivity contribution in [2.24, 2.45) is 0 Å². The Labute approximate surface area is 413 Å². The average molecular weight is 1000 g/mol. The van der Waals surface area contributed by atoms with E-state index in [4.69, 9.17) is 28.4 Å². The van der Waals surface area contributed by atoms with Crippen molar-refractivity contribution >= 4 is 5.91 Å². The van der Waals surface area contributed by atoms with Crippen LogP contribution in [0.3, 0.4) is 0 Å². The molecule has 19 heteroatoms. The van der Waals surface area contributed by atoms with Gasteiger partial charge in [0.2, 0.25) is 5.91 Å². The largest absolute Gasteiger partial charge is 0.394 e. The molecule has 402 valence electrons. The van der Waals surface area contributed by atoms with Gasteiger partial charge in [0.1, 0.15) is 73.2 Å². The Balaban J connectivity index is 1.57. The highest BCUT2D eigenvalue weighted by atomic mass is 16.8. The number of hydrogen-bond donors (Lipinski definition) is 12. The van der Waals surface area contributed by atoms with Gasteiger partial charge in [0.05, 0.1) is 38.6 Å². The molecule has 3 fully saturated rings. The molecule has 17 atom stereocenters. The average Bonchev–Trinajstić information content (AvgIpc) is 3.35. The molecule has 0 radical (unpaired) electrons. The van der Waals surface area contributed by atoms with Crippen molar-refractivity contribution in [3.63, 3.8) is 0 Å². The second-order valence-electron chi connectivity index (χ2n) is 17.8. The number of carbonyl (C=O) groups is 1. The lowest BCUT2D eigenvalue weighted by Crippen LogP contribution is -2.66. The topological polar surface area (TPSA) is 307 Å². The lowest BCUT2D eigenvalue weighted by atomic mass is 9.96. The number of carbonyl (C=O) groups excluding carboxylic acids is 1. The highest BCUT2D eigenvalue weighted by Gasteiger charge is 2.53. The van der Waals surface area contributed by atoms with Crippen LogP contribution in [-0.2, 0) is 33.2 Å². The fraction of sp³-hybridized carbons (Fsp3) is 0.745. The van der Waals surface area contributed by atoms with Crippen LogP contribution in [0, 0.1) is 0 Å². The van der Waals surface area contributed by atoms with E-state index in [0.29, 0.717) is 12.8 Å². The van der Waals surface area contributed by atoms with Crippen molar-refractivity contribution in [2.45, 2.75) is 214 Å². The second kappa shape index (κ2) is 35.4. The van der Waals surface area contributed by atoms with E-state index >= 15 is 0 Å². The van der Waals surface area contributed by atoms with E-state index in [0.717, 1.165) is 77.0 Å². The van der Waals surface area contributed by atoms with E-state index in [2.05, 4.69) is 79.9 Å². The molecular weight excluding hydrogens is 915 g/mol. The van der Waals surface area contributed by atoms with E-state index in [1.165, 1.54) is 0 Å². The maximum atomic E-state index is 13.2. The summed E-state index contributed by atoms with van der Waals surface area (Å²) in [5.41, 5.74) is 0. The van der Waals surface area contributed by atoms with Crippen LogP contribution in [0.2, 0.25) is 0 Å². The quantitative estimate of drug-likeness (QED) is 0.0328. The van der Waals surface area contributed by atoms with Gasteiger partial charge in [0, 0.05) is 6.42 Å². The Morgan fingerprint density at radius 1 is 0.514 bits per heavy atom. The van der Waals surface area contributed by atoms with Crippen molar-refractivity contribution in [2.75, 3.05) is 26.4 Å². The Kier molecular flexibility index (Phi) is 31.1. The number of allylic oxidation sites excluding steroid dienone is 11. The first-order chi connectivity index (χ1) is 33.8. The third-order valence-electron chi connectivity index (χ3n) is 12.2. The molecule has 0 saturated carbocycles. The Hall–Kier alpha value is -2.77. The van der Waals surface area contributed by atoms with Crippen LogP contribution >= 0.6 is 0 Å². The van der Waals surface area contributed by atoms with Gasteiger partial charge in [-0.3, -0.25) is 4.79 Å². The van der Waals surface area contributed by atoms with E-state index in [9.17, 15) is 61.0 Å². The van der Waals surface area contributed by atoms with E-state index in [1.54, 1.807) is 12.2 Å². The van der Waals surface area contributed by atoms with E-state index in [-0.39, 0.29) is 18.9 Å². The first-order valence-corrected chi connectivity index (χ1v) is 25.2. The van der Waals surface area contributed by atoms with Crippen LogP contribution < -0.4 is 5.32 Å². The highest BCUT2D eigenvalue weighted by Crippen LogP contribution is 2.33. The van der Waals surface area contributed by atoms with Gasteiger partial charge in [-0.2, -0.15) is 0 Å². The molecule has 0 aromatic heterocycles. The van der Waals surface area contributed by atoms with Gasteiger partial charge in [-0.05, 0) is 70.6 Å². The van der Waals surface area contributed by atoms with Crippen molar-refractivity contribution in [3.8, 4) is 0 Å². The maximum Gasteiger partial charge on any atom is 0.220 e. The van der Waals surface area contributed by atoms with Gasteiger partial charge < -0.3 is 89.9 Å². The van der Waals surface area contributed by atoms with E-state index in [1.807, 2.05) is 0 Å². The lowest BCUT2D eigenvalue weighted by Gasteiger charge is -2.48. The summed E-state index contributed by atoms with van der Waals surface area (Å²) in [6.45, 7) is 1.37. The molecule has 0 aromatic carbocycles. The summed E-state index contributed by atoms with van der Waals surface area (Å²) in [6.07, 6.45) is 10.7. The fourth-order valence-electron chi connectivity index (χ4n) is 8.06. The second-order valence-corrected chi connectivity index (χ2v) is 17.8. The minimum atomic E-state index is -1.98. The predicted octanol–water partition coefficient (Wildman–Crippen LogP) is 1.53. The van der Waals surface area contributed by atoms with Crippen LogP contribution in [-0.4, -0.2) is 193 Å². The van der Waals surface area contributed by atoms with Gasteiger partial charge in [0.15, 0.2) is 18.9 Å². The molecule has 3 aliphatic rings. The molecule has 12 N–H and O–H groups in total. The maximum absolute atomic E-state index is 13.2. The van der Waals surface area contributed by atoms with Crippen molar-refractivity contribution in [1.82, 2.24) is 5.32 Å². The van der Waals surface area contributed by atoms with Gasteiger partial charge >= 0.3 is 0 Å². The number of nitrogens with one attached hydrogen (secondary N) is 1. The third kappa shape index (κ3) is 21.0. The standard InChI is InChI=1S/C51H85NO18/c1-3-5-7-9-11-13-15-16-17-18-19-21-23-25-27-29-39(57)52-34(35(56)28-26-24-22-20-14-12-10-8-6-4-2)33-65-49-45(63)42(60)47(37(31-54)67-49)70-51-46(64)43(61)48(38(32-55)68-51)69-50-44(62)41(59)40(58)36(30-53)66-50/h5-8,11,13-14,16-17,20,26,28,34-38,40-51,53-56,58-64H,3-4,9-10,12,15,18-19,21-25,27,29-33H2,1-2H3,(H,52,57)/b7-5-,8-6+,13-11-,17-16-,20-14+,28-26+. The number of aliphatic hydroxyl groups excluding tert-OH is 11. The van der Waals surface area contributed by atoms with Gasteiger partial charge in [-0.1, -0.05) is 106 Å². The molecule has 17 unspecified atom stereocenters. The first kappa shape index (κ1) is 61.5. The molecule has 3 heterocycles. The molecule has 0 aliphatic carbocycles. The smallest absolute Gasteiger partial charge is 0.220 e. The number of hydrogen-bond acceptors (Lipinski definition) is 18. The molecule has 3 rings (SSSR count).